The molecule has 0 aromatic heterocycles. The van der Waals surface area contributed by atoms with E-state index >= 15 is 0 Å². The van der Waals surface area contributed by atoms with Crippen LogP contribution in [0, 0.1) is 0 Å². The summed E-state index contributed by atoms with van der Waals surface area (Å²) in [6.07, 6.45) is 0. The molecule has 0 bridgehead atoms. The maximum Gasteiger partial charge on any atom is 0.290 e. The number of rotatable bonds is 6. The van der Waals surface area contributed by atoms with Crippen LogP contribution >= 0.6 is 31.9 Å². The van der Waals surface area contributed by atoms with Gasteiger partial charge >= 0.3 is 0 Å². The van der Waals surface area contributed by atoms with Gasteiger partial charge in [0.15, 0.2) is 0 Å². The minimum atomic E-state index is -4.05. The van der Waals surface area contributed by atoms with Crippen molar-refractivity contribution in [2.24, 2.45) is 0 Å². The number of hydrogen-bond donors (Lipinski definition) is 0. The van der Waals surface area contributed by atoms with Gasteiger partial charge in [-0.25, -0.2) is 7.94 Å². The monoisotopic (exact) mass is 217 g/mol. The van der Waals surface area contributed by atoms with E-state index < -0.39 is 7.82 Å². The third-order valence-electron chi connectivity index (χ3n) is 0.524. The smallest absolute Gasteiger partial charge is 0.290 e. The van der Waals surface area contributed by atoms with E-state index in [0.717, 1.165) is 24.1 Å². The molecule has 68 valence electrons. The lowest BCUT2D eigenvalue weighted by Crippen LogP contribution is -2.01. The molecule has 0 radical (unpaired) electrons. The molecule has 0 spiro atoms. The second-order valence-electron chi connectivity index (χ2n) is 1.41. The van der Waals surface area contributed by atoms with E-state index in [1.165, 1.54) is 0 Å². The van der Waals surface area contributed by atoms with Gasteiger partial charge in [0.05, 0.1) is 0 Å². The lowest BCUT2D eigenvalue weighted by Gasteiger charge is -2.18. The summed E-state index contributed by atoms with van der Waals surface area (Å²) in [5, 5.41) is 0. The van der Waals surface area contributed by atoms with Gasteiger partial charge in [-0.1, -0.05) is 13.8 Å². The van der Waals surface area contributed by atoms with Gasteiger partial charge in [0.25, 0.3) is 7.82 Å². The summed E-state index contributed by atoms with van der Waals surface area (Å²) >= 11 is 1.70. The molecule has 7 heteroatoms. The molecule has 0 aromatic carbocycles. The van der Waals surface area contributed by atoms with E-state index in [1.54, 1.807) is 13.8 Å². The molecule has 0 rings (SSSR count). The highest BCUT2D eigenvalue weighted by Crippen LogP contribution is 2.46. The molecular formula is C4H10O4PS2-. The fourth-order valence-electron chi connectivity index (χ4n) is 0.247. The van der Waals surface area contributed by atoms with E-state index in [-0.39, 0.29) is 0 Å². The zero-order valence-electron chi connectivity index (χ0n) is 6.31. The first-order chi connectivity index (χ1) is 5.12. The minimum Gasteiger partial charge on any atom is -0.755 e. The van der Waals surface area contributed by atoms with E-state index in [9.17, 15) is 9.46 Å². The standard InChI is InChI=1S/C4H11O4PS2/c1-3-10-7-9(5,6)8-11-4-2/h3-4H2,1-2H3,(H,5,6)/p-1. The molecule has 0 atom stereocenters. The van der Waals surface area contributed by atoms with Crippen molar-refractivity contribution in [2.75, 3.05) is 11.5 Å². The SMILES string of the molecule is CCSOP(=O)([O-])OSCC. The van der Waals surface area contributed by atoms with E-state index in [1.807, 2.05) is 0 Å². The van der Waals surface area contributed by atoms with Crippen molar-refractivity contribution < 1.29 is 17.4 Å². The molecular weight excluding hydrogens is 207 g/mol. The van der Waals surface area contributed by atoms with Crippen LogP contribution in [-0.4, -0.2) is 11.5 Å². The Hall–Kier alpha value is 0.810. The van der Waals surface area contributed by atoms with Gasteiger partial charge < -0.3 is 4.89 Å². The van der Waals surface area contributed by atoms with Crippen LogP contribution in [0.2, 0.25) is 0 Å². The molecule has 0 fully saturated rings. The predicted molar refractivity (Wildman–Crippen MR) is 46.0 cm³/mol. The van der Waals surface area contributed by atoms with Gasteiger partial charge in [-0.3, -0.25) is 4.57 Å². The minimum absolute atomic E-state index is 0.576. The summed E-state index contributed by atoms with van der Waals surface area (Å²) in [5.41, 5.74) is 0. The van der Waals surface area contributed by atoms with Gasteiger partial charge in [-0.2, -0.15) is 0 Å². The highest BCUT2D eigenvalue weighted by atomic mass is 32.2. The zero-order chi connectivity index (χ0) is 8.74. The maximum absolute atomic E-state index is 10.7. The molecule has 0 aliphatic heterocycles. The van der Waals surface area contributed by atoms with Gasteiger partial charge in [0, 0.05) is 35.6 Å². The van der Waals surface area contributed by atoms with Crippen LogP contribution in [0.5, 0.6) is 0 Å². The fraction of sp³-hybridized carbons (Fsp3) is 1.00. The Bertz CT molecular complexity index is 130. The normalized spacial score (nSPS) is 11.9. The third kappa shape index (κ3) is 7.18. The summed E-state index contributed by atoms with van der Waals surface area (Å²) in [4.78, 5) is 10.7. The molecule has 0 saturated carbocycles. The molecule has 0 unspecified atom stereocenters. The first-order valence-corrected chi connectivity index (χ1v) is 6.34. The average molecular weight is 217 g/mol. The summed E-state index contributed by atoms with van der Waals surface area (Å²) in [6, 6.07) is 0. The first kappa shape index (κ1) is 11.8. The quantitative estimate of drug-likeness (QED) is 0.499. The van der Waals surface area contributed by atoms with Gasteiger partial charge in [-0.05, 0) is 0 Å². The lowest BCUT2D eigenvalue weighted by molar-refractivity contribution is -0.206. The molecule has 0 aliphatic carbocycles. The molecule has 0 heterocycles. The Morgan fingerprint density at radius 2 is 1.64 bits per heavy atom. The molecule has 11 heavy (non-hydrogen) atoms. The summed E-state index contributed by atoms with van der Waals surface area (Å²) < 4.78 is 19.4. The van der Waals surface area contributed by atoms with Crippen LogP contribution < -0.4 is 4.89 Å². The first-order valence-electron chi connectivity index (χ1n) is 3.06. The molecule has 0 amide bonds. The van der Waals surface area contributed by atoms with Crippen molar-refractivity contribution in [2.45, 2.75) is 13.8 Å². The van der Waals surface area contributed by atoms with E-state index in [4.69, 9.17) is 0 Å². The van der Waals surface area contributed by atoms with Crippen molar-refractivity contribution in [1.29, 1.82) is 0 Å². The van der Waals surface area contributed by atoms with E-state index in [0.29, 0.717) is 11.5 Å². The Balaban J connectivity index is 3.53. The van der Waals surface area contributed by atoms with Crippen molar-refractivity contribution in [3.8, 4) is 0 Å². The van der Waals surface area contributed by atoms with E-state index in [2.05, 4.69) is 7.94 Å². The van der Waals surface area contributed by atoms with Crippen molar-refractivity contribution in [3.05, 3.63) is 0 Å². The summed E-state index contributed by atoms with van der Waals surface area (Å²) in [5.74, 6) is 1.15. The topological polar surface area (TPSA) is 58.6 Å². The molecule has 0 N–H and O–H groups in total. The van der Waals surface area contributed by atoms with Crippen LogP contribution in [0.15, 0.2) is 0 Å². The second kappa shape index (κ2) is 6.34. The van der Waals surface area contributed by atoms with Gasteiger partial charge in [0.1, 0.15) is 0 Å². The lowest BCUT2D eigenvalue weighted by atomic mass is 11.0. The average Bonchev–Trinajstić information content (AvgIpc) is 1.97. The molecule has 4 nitrogen and oxygen atoms in total. The Labute approximate surface area is 75.1 Å². The predicted octanol–water partition coefficient (Wildman–Crippen LogP) is 1.82. The maximum atomic E-state index is 10.7. The fourth-order valence-corrected chi connectivity index (χ4v) is 2.45. The summed E-state index contributed by atoms with van der Waals surface area (Å²) in [7, 11) is -4.05. The van der Waals surface area contributed by atoms with Crippen LogP contribution in [0.4, 0.5) is 0 Å². The highest BCUT2D eigenvalue weighted by Gasteiger charge is 2.08. The number of hydrogen-bond acceptors (Lipinski definition) is 6. The largest absolute Gasteiger partial charge is 0.755 e. The van der Waals surface area contributed by atoms with Gasteiger partial charge in [0.2, 0.25) is 0 Å². The van der Waals surface area contributed by atoms with Crippen LogP contribution in [0.25, 0.3) is 0 Å². The third-order valence-corrected chi connectivity index (χ3v) is 3.30. The molecule has 0 aliphatic rings. The second-order valence-corrected chi connectivity index (χ2v) is 5.12. The van der Waals surface area contributed by atoms with Crippen LogP contribution in [0.1, 0.15) is 13.8 Å². The van der Waals surface area contributed by atoms with Crippen LogP contribution in [-0.2, 0) is 12.5 Å². The number of phosphoric acid groups is 1. The highest BCUT2D eigenvalue weighted by molar-refractivity contribution is 8.01. The molecule has 0 aromatic rings. The Kier molecular flexibility index (Phi) is 6.81. The molecule has 0 saturated heterocycles. The van der Waals surface area contributed by atoms with Crippen molar-refractivity contribution in [3.63, 3.8) is 0 Å². The Morgan fingerprint density at radius 1 is 1.27 bits per heavy atom. The van der Waals surface area contributed by atoms with Crippen molar-refractivity contribution in [1.82, 2.24) is 0 Å². The summed E-state index contributed by atoms with van der Waals surface area (Å²) in [6.45, 7) is 3.58. The van der Waals surface area contributed by atoms with Gasteiger partial charge in [-0.15, -0.1) is 0 Å². The zero-order valence-corrected chi connectivity index (χ0v) is 8.84. The van der Waals surface area contributed by atoms with Crippen LogP contribution in [0.3, 0.4) is 0 Å². The van der Waals surface area contributed by atoms with Crippen molar-refractivity contribution >= 4 is 31.9 Å². The Morgan fingerprint density at radius 3 is 1.91 bits per heavy atom.